The van der Waals surface area contributed by atoms with Crippen LogP contribution >= 0.6 is 0 Å². The summed E-state index contributed by atoms with van der Waals surface area (Å²) in [7, 11) is 0. The number of hydrogen-bond acceptors (Lipinski definition) is 2. The zero-order valence-corrected chi connectivity index (χ0v) is 7.40. The van der Waals surface area contributed by atoms with E-state index in [1.807, 2.05) is 30.3 Å². The van der Waals surface area contributed by atoms with Gasteiger partial charge in [-0.3, -0.25) is 0 Å². The number of hydrogen-bond donors (Lipinski definition) is 1. The number of nitrogens with zero attached hydrogens (tertiary/aromatic N) is 1. The van der Waals surface area contributed by atoms with Gasteiger partial charge in [-0.25, -0.2) is 4.79 Å². The van der Waals surface area contributed by atoms with Crippen LogP contribution in [0.5, 0.6) is 0 Å². The van der Waals surface area contributed by atoms with E-state index in [4.69, 9.17) is 0 Å². The largest absolute Gasteiger partial charge is 0.359 e. The summed E-state index contributed by atoms with van der Waals surface area (Å²) in [6.45, 7) is 0. The minimum atomic E-state index is 0.617. The van der Waals surface area contributed by atoms with Crippen molar-refractivity contribution in [2.75, 3.05) is 0 Å². The van der Waals surface area contributed by atoms with E-state index in [1.54, 1.807) is 12.3 Å². The number of isocyanates is 1. The third-order valence-electron chi connectivity index (χ3n) is 1.95. The molecule has 1 N–H and O–H groups in total. The summed E-state index contributed by atoms with van der Waals surface area (Å²) in [6, 6.07) is 11.5. The van der Waals surface area contributed by atoms with Crippen molar-refractivity contribution in [1.29, 1.82) is 0 Å². The van der Waals surface area contributed by atoms with Gasteiger partial charge in [0, 0.05) is 11.8 Å². The molecule has 3 heteroatoms. The molecule has 0 aliphatic carbocycles. The Labute approximate surface area is 81.1 Å². The van der Waals surface area contributed by atoms with Crippen LogP contribution in [0.25, 0.3) is 11.3 Å². The van der Waals surface area contributed by atoms with E-state index in [0.29, 0.717) is 5.69 Å². The molecule has 2 rings (SSSR count). The van der Waals surface area contributed by atoms with E-state index in [9.17, 15) is 4.79 Å². The lowest BCUT2D eigenvalue weighted by molar-refractivity contribution is 0.565. The Morgan fingerprint density at radius 2 is 1.93 bits per heavy atom. The Morgan fingerprint density at radius 1 is 1.14 bits per heavy atom. The van der Waals surface area contributed by atoms with Gasteiger partial charge in [-0.1, -0.05) is 30.3 Å². The van der Waals surface area contributed by atoms with Gasteiger partial charge in [-0.05, 0) is 6.07 Å². The molecular weight excluding hydrogens is 176 g/mol. The fraction of sp³-hybridized carbons (Fsp3) is 0. The van der Waals surface area contributed by atoms with Crippen molar-refractivity contribution < 1.29 is 4.79 Å². The number of nitrogens with one attached hydrogen (secondary N) is 1. The molecule has 0 aliphatic rings. The molecule has 0 radical (unpaired) electrons. The van der Waals surface area contributed by atoms with Crippen LogP contribution in [-0.2, 0) is 4.79 Å². The summed E-state index contributed by atoms with van der Waals surface area (Å²) in [5.74, 6) is 0. The zero-order valence-electron chi connectivity index (χ0n) is 7.40. The maximum absolute atomic E-state index is 10.2. The first-order chi connectivity index (χ1) is 6.92. The van der Waals surface area contributed by atoms with Gasteiger partial charge in [0.1, 0.15) is 5.69 Å². The number of rotatable bonds is 2. The SMILES string of the molecule is O=C=Nc1cc[nH]c1-c1ccccc1. The normalized spacial score (nSPS) is 9.43. The summed E-state index contributed by atoms with van der Waals surface area (Å²) in [5, 5.41) is 0. The predicted molar refractivity (Wildman–Crippen MR) is 54.0 cm³/mol. The highest BCUT2D eigenvalue weighted by atomic mass is 16.1. The van der Waals surface area contributed by atoms with Crippen LogP contribution < -0.4 is 0 Å². The third kappa shape index (κ3) is 1.49. The molecule has 0 saturated carbocycles. The van der Waals surface area contributed by atoms with Gasteiger partial charge in [0.25, 0.3) is 0 Å². The average Bonchev–Trinajstić information content (AvgIpc) is 2.68. The van der Waals surface area contributed by atoms with Crippen molar-refractivity contribution in [2.24, 2.45) is 4.99 Å². The lowest BCUT2D eigenvalue weighted by atomic mass is 10.1. The highest BCUT2D eigenvalue weighted by molar-refractivity contribution is 5.74. The van der Waals surface area contributed by atoms with Gasteiger partial charge >= 0.3 is 0 Å². The number of H-pyrrole nitrogens is 1. The highest BCUT2D eigenvalue weighted by Crippen LogP contribution is 2.27. The van der Waals surface area contributed by atoms with E-state index in [0.717, 1.165) is 11.3 Å². The molecule has 3 nitrogen and oxygen atoms in total. The van der Waals surface area contributed by atoms with Crippen molar-refractivity contribution in [3.8, 4) is 11.3 Å². The molecule has 0 fully saturated rings. The number of benzene rings is 1. The molecular formula is C11H8N2O. The first kappa shape index (κ1) is 8.48. The first-order valence-electron chi connectivity index (χ1n) is 4.22. The second kappa shape index (κ2) is 3.73. The maximum atomic E-state index is 10.2. The summed E-state index contributed by atoms with van der Waals surface area (Å²) < 4.78 is 0. The molecule has 0 spiro atoms. The molecule has 14 heavy (non-hydrogen) atoms. The summed E-state index contributed by atoms with van der Waals surface area (Å²) in [6.07, 6.45) is 3.28. The van der Waals surface area contributed by atoms with Gasteiger partial charge in [0.15, 0.2) is 0 Å². The molecule has 2 aromatic rings. The average molecular weight is 184 g/mol. The molecule has 0 atom stereocenters. The second-order valence-electron chi connectivity index (χ2n) is 2.81. The van der Waals surface area contributed by atoms with E-state index in [-0.39, 0.29) is 0 Å². The lowest BCUT2D eigenvalue weighted by Gasteiger charge is -1.97. The standard InChI is InChI=1S/C11H8N2O/c14-8-13-10-6-7-12-11(10)9-4-2-1-3-5-9/h1-7,12H. The van der Waals surface area contributed by atoms with Gasteiger partial charge in [0.05, 0.1) is 5.69 Å². The zero-order chi connectivity index (χ0) is 9.80. The minimum Gasteiger partial charge on any atom is -0.359 e. The molecule has 1 heterocycles. The number of carbonyl (C=O) groups excluding carboxylic acids is 1. The summed E-state index contributed by atoms with van der Waals surface area (Å²) in [5.41, 5.74) is 2.46. The highest BCUT2D eigenvalue weighted by Gasteiger charge is 2.03. The van der Waals surface area contributed by atoms with Crippen LogP contribution in [0.2, 0.25) is 0 Å². The number of aromatic nitrogens is 1. The van der Waals surface area contributed by atoms with Gasteiger partial charge < -0.3 is 4.98 Å². The van der Waals surface area contributed by atoms with Gasteiger partial charge in [-0.15, -0.1) is 0 Å². The second-order valence-corrected chi connectivity index (χ2v) is 2.81. The van der Waals surface area contributed by atoms with Crippen LogP contribution in [0.3, 0.4) is 0 Å². The van der Waals surface area contributed by atoms with Gasteiger partial charge in [-0.2, -0.15) is 4.99 Å². The van der Waals surface area contributed by atoms with Crippen LogP contribution in [0.1, 0.15) is 0 Å². The van der Waals surface area contributed by atoms with E-state index in [2.05, 4.69) is 9.98 Å². The molecule has 1 aromatic carbocycles. The Bertz CT molecular complexity index is 467. The van der Waals surface area contributed by atoms with Crippen molar-refractivity contribution in [2.45, 2.75) is 0 Å². The fourth-order valence-electron chi connectivity index (χ4n) is 1.34. The molecule has 0 unspecified atom stereocenters. The summed E-state index contributed by atoms with van der Waals surface area (Å²) in [4.78, 5) is 16.8. The Balaban J connectivity index is 2.52. The predicted octanol–water partition coefficient (Wildman–Crippen LogP) is 2.65. The van der Waals surface area contributed by atoms with E-state index >= 15 is 0 Å². The quantitative estimate of drug-likeness (QED) is 0.566. The molecule has 0 aliphatic heterocycles. The number of aromatic amines is 1. The Morgan fingerprint density at radius 3 is 2.64 bits per heavy atom. The topological polar surface area (TPSA) is 45.2 Å². The first-order valence-corrected chi connectivity index (χ1v) is 4.22. The van der Waals surface area contributed by atoms with Crippen LogP contribution in [0.15, 0.2) is 47.6 Å². The van der Waals surface area contributed by atoms with Crippen molar-refractivity contribution >= 4 is 11.8 Å². The maximum Gasteiger partial charge on any atom is 0.240 e. The van der Waals surface area contributed by atoms with E-state index < -0.39 is 0 Å². The summed E-state index contributed by atoms with van der Waals surface area (Å²) >= 11 is 0. The van der Waals surface area contributed by atoms with Crippen LogP contribution in [-0.4, -0.2) is 11.1 Å². The fourth-order valence-corrected chi connectivity index (χ4v) is 1.34. The Hall–Kier alpha value is -2.12. The Kier molecular flexibility index (Phi) is 2.26. The minimum absolute atomic E-state index is 0.617. The third-order valence-corrected chi connectivity index (χ3v) is 1.95. The lowest BCUT2D eigenvalue weighted by Crippen LogP contribution is -1.75. The van der Waals surface area contributed by atoms with Gasteiger partial charge in [0.2, 0.25) is 6.08 Å². The van der Waals surface area contributed by atoms with Crippen molar-refractivity contribution in [3.63, 3.8) is 0 Å². The number of aliphatic imine (C=N–C) groups is 1. The molecule has 1 aromatic heterocycles. The molecule has 0 amide bonds. The molecule has 0 bridgehead atoms. The van der Waals surface area contributed by atoms with Crippen molar-refractivity contribution in [3.05, 3.63) is 42.6 Å². The monoisotopic (exact) mass is 184 g/mol. The smallest absolute Gasteiger partial charge is 0.240 e. The van der Waals surface area contributed by atoms with E-state index in [1.165, 1.54) is 6.08 Å². The van der Waals surface area contributed by atoms with Crippen molar-refractivity contribution in [1.82, 2.24) is 4.98 Å². The van der Waals surface area contributed by atoms with Crippen LogP contribution in [0, 0.1) is 0 Å². The molecule has 0 saturated heterocycles. The van der Waals surface area contributed by atoms with Crippen LogP contribution in [0.4, 0.5) is 5.69 Å². The molecule has 68 valence electrons.